The monoisotopic (exact) mass is 339 g/mol. The van der Waals surface area contributed by atoms with Crippen LogP contribution in [-0.2, 0) is 16.2 Å². The summed E-state index contributed by atoms with van der Waals surface area (Å²) in [5.41, 5.74) is 0. The van der Waals surface area contributed by atoms with Crippen LogP contribution < -0.4 is 0 Å². The van der Waals surface area contributed by atoms with Crippen LogP contribution in [0.1, 0.15) is 55.4 Å². The molecule has 2 atom stereocenters. The molecular weight excluding hydrogens is 309 g/mol. The van der Waals surface area contributed by atoms with Gasteiger partial charge in [-0.25, -0.2) is 0 Å². The third kappa shape index (κ3) is 9.21. The van der Waals surface area contributed by atoms with Gasteiger partial charge in [-0.3, -0.25) is 0 Å². The van der Waals surface area contributed by atoms with E-state index in [0.717, 1.165) is 16.2 Å². The zero-order chi connectivity index (χ0) is 12.9. The topological polar surface area (TPSA) is 0 Å². The first-order chi connectivity index (χ1) is 6.55. The van der Waals surface area contributed by atoms with E-state index in [2.05, 4.69) is 54.9 Å². The van der Waals surface area contributed by atoms with E-state index in [-0.39, 0.29) is 12.5 Å². The van der Waals surface area contributed by atoms with E-state index in [1.54, 1.807) is 0 Å². The molecule has 0 heterocycles. The maximum absolute atomic E-state index is 2.49. The summed E-state index contributed by atoms with van der Waals surface area (Å²) in [7, 11) is 0. The van der Waals surface area contributed by atoms with Gasteiger partial charge in [0.15, 0.2) is 0 Å². The second kappa shape index (κ2) is 7.74. The molecule has 0 N–H and O–H groups in total. The summed E-state index contributed by atoms with van der Waals surface area (Å²) in [4.78, 5) is 0. The van der Waals surface area contributed by atoms with Crippen LogP contribution in [-0.4, -0.2) is 23.6 Å². The van der Waals surface area contributed by atoms with Gasteiger partial charge in [-0.2, -0.15) is 0 Å². The Balaban J connectivity index is 0. The van der Waals surface area contributed by atoms with Gasteiger partial charge in [0.25, 0.3) is 0 Å². The van der Waals surface area contributed by atoms with Crippen molar-refractivity contribution in [2.45, 2.75) is 65.7 Å². The van der Waals surface area contributed by atoms with Crippen molar-refractivity contribution < 1.29 is 16.2 Å². The zero-order valence-electron chi connectivity index (χ0n) is 12.2. The maximum atomic E-state index is 2.49. The van der Waals surface area contributed by atoms with Gasteiger partial charge in [-0.1, -0.05) is 13.8 Å². The third-order valence-electron chi connectivity index (χ3n) is 1.99. The molecule has 0 aliphatic rings. The average molecular weight is 339 g/mol. The van der Waals surface area contributed by atoms with Crippen LogP contribution >= 0.6 is 12.5 Å². The standard InChI is InChI=1S/2C5H12P.C2H6.Rh/c2*1-5(2,3)6-4;1-2;/h2*1-4H3;1-2H3;/q2*-1;;+2. The van der Waals surface area contributed by atoms with Crippen LogP contribution in [0.25, 0.3) is 0 Å². The predicted molar refractivity (Wildman–Crippen MR) is 76.5 cm³/mol. The summed E-state index contributed by atoms with van der Waals surface area (Å²) in [5, 5.41) is 1.14. The van der Waals surface area contributed by atoms with Crippen LogP contribution in [0.2, 0.25) is 0 Å². The van der Waals surface area contributed by atoms with Crippen LogP contribution in [0.5, 0.6) is 0 Å². The molecule has 3 heteroatoms. The van der Waals surface area contributed by atoms with Crippen molar-refractivity contribution in [2.24, 2.45) is 0 Å². The SMILES string of the molecule is CC.C[P]([Rh][P](C)C(C)(C)C)C(C)(C)C. The quantitative estimate of drug-likeness (QED) is 0.444. The Morgan fingerprint density at radius 2 is 0.867 bits per heavy atom. The molecule has 0 fully saturated rings. The summed E-state index contributed by atoms with van der Waals surface area (Å²) < 4.78 is 0. The molecule has 0 nitrogen and oxygen atoms in total. The molecule has 0 saturated heterocycles. The van der Waals surface area contributed by atoms with E-state index in [1.165, 1.54) is 0 Å². The number of hydrogen-bond acceptors (Lipinski definition) is 0. The van der Waals surface area contributed by atoms with E-state index < -0.39 is 0 Å². The molecule has 0 aliphatic carbocycles. The molecule has 0 aliphatic heterocycles. The van der Waals surface area contributed by atoms with Crippen LogP contribution in [0, 0.1) is 0 Å². The van der Waals surface area contributed by atoms with Crippen LogP contribution in [0.3, 0.4) is 0 Å². The molecule has 0 aromatic rings. The van der Waals surface area contributed by atoms with Crippen molar-refractivity contribution in [3.63, 3.8) is 0 Å². The second-order valence-corrected chi connectivity index (χ2v) is 19.9. The molecule has 0 radical (unpaired) electrons. The predicted octanol–water partition coefficient (Wildman–Crippen LogP) is 5.75. The van der Waals surface area contributed by atoms with Gasteiger partial charge in [-0.15, -0.1) is 0 Å². The summed E-state index contributed by atoms with van der Waals surface area (Å²) in [6, 6.07) is 0. The van der Waals surface area contributed by atoms with Gasteiger partial charge >= 0.3 is 93.9 Å². The van der Waals surface area contributed by atoms with Crippen molar-refractivity contribution in [3.05, 3.63) is 0 Å². The first-order valence-corrected chi connectivity index (χ1v) is 13.3. The molecule has 0 aromatic heterocycles. The Morgan fingerprint density at radius 3 is 1.00 bits per heavy atom. The molecule has 0 bridgehead atoms. The first kappa shape index (κ1) is 18.8. The van der Waals surface area contributed by atoms with E-state index >= 15 is 0 Å². The minimum atomic E-state index is 0.274. The van der Waals surface area contributed by atoms with Gasteiger partial charge in [0.05, 0.1) is 0 Å². The molecule has 2 unspecified atom stereocenters. The van der Waals surface area contributed by atoms with E-state index in [0.29, 0.717) is 10.3 Å². The van der Waals surface area contributed by atoms with Gasteiger partial charge in [-0.05, 0) is 0 Å². The normalized spacial score (nSPS) is 16.7. The zero-order valence-corrected chi connectivity index (χ0v) is 15.7. The van der Waals surface area contributed by atoms with Gasteiger partial charge in [0.2, 0.25) is 0 Å². The molecular formula is C12H30P2Rh. The Kier molecular flexibility index (Phi) is 9.72. The van der Waals surface area contributed by atoms with E-state index in [1.807, 2.05) is 13.8 Å². The molecule has 0 spiro atoms. The van der Waals surface area contributed by atoms with Crippen molar-refractivity contribution in [1.29, 1.82) is 0 Å². The number of hydrogen-bond donors (Lipinski definition) is 0. The summed E-state index contributed by atoms with van der Waals surface area (Å²) in [6.07, 6.45) is 0.547. The number of rotatable bonds is 2. The van der Waals surface area contributed by atoms with Gasteiger partial charge in [0, 0.05) is 0 Å². The molecule has 15 heavy (non-hydrogen) atoms. The van der Waals surface area contributed by atoms with Crippen molar-refractivity contribution in [3.8, 4) is 0 Å². The fourth-order valence-corrected chi connectivity index (χ4v) is 18.6. The molecule has 0 rings (SSSR count). The molecule has 97 valence electrons. The Bertz CT molecular complexity index is 138. The third-order valence-corrected chi connectivity index (χ3v) is 22.6. The Morgan fingerprint density at radius 1 is 0.667 bits per heavy atom. The fourth-order valence-electron chi connectivity index (χ4n) is 0.350. The second-order valence-electron chi connectivity index (χ2n) is 5.30. The van der Waals surface area contributed by atoms with Crippen molar-refractivity contribution >= 4 is 12.5 Å². The van der Waals surface area contributed by atoms with Crippen LogP contribution in [0.15, 0.2) is 0 Å². The molecule has 0 aromatic carbocycles. The van der Waals surface area contributed by atoms with E-state index in [9.17, 15) is 0 Å². The minimum absolute atomic E-state index is 0.274. The van der Waals surface area contributed by atoms with Crippen molar-refractivity contribution in [2.75, 3.05) is 13.3 Å². The average Bonchev–Trinajstić information content (AvgIpc) is 2.04. The van der Waals surface area contributed by atoms with Crippen LogP contribution in [0.4, 0.5) is 0 Å². The van der Waals surface area contributed by atoms with E-state index in [4.69, 9.17) is 0 Å². The van der Waals surface area contributed by atoms with Crippen molar-refractivity contribution in [1.82, 2.24) is 0 Å². The molecule has 0 amide bonds. The summed E-state index contributed by atoms with van der Waals surface area (Å²) in [6.45, 7) is 23.4. The fraction of sp³-hybridized carbons (Fsp3) is 1.00. The van der Waals surface area contributed by atoms with Gasteiger partial charge < -0.3 is 0 Å². The summed E-state index contributed by atoms with van der Waals surface area (Å²) >= 11 is 0.820. The molecule has 0 saturated carbocycles. The summed E-state index contributed by atoms with van der Waals surface area (Å²) in [5.74, 6) is 0. The Labute approximate surface area is 108 Å². The first-order valence-electron chi connectivity index (χ1n) is 5.64. The van der Waals surface area contributed by atoms with Gasteiger partial charge in [0.1, 0.15) is 0 Å². The Hall–Kier alpha value is 1.48.